The molecule has 2 rings (SSSR count). The van der Waals surface area contributed by atoms with Crippen LogP contribution in [0, 0.1) is 0 Å². The molecule has 0 radical (unpaired) electrons. The molecule has 0 saturated carbocycles. The van der Waals surface area contributed by atoms with E-state index in [1.807, 2.05) is 6.92 Å². The summed E-state index contributed by atoms with van der Waals surface area (Å²) >= 11 is 0. The summed E-state index contributed by atoms with van der Waals surface area (Å²) in [6, 6.07) is 1.74. The molecule has 1 N–H and O–H groups in total. The van der Waals surface area contributed by atoms with E-state index >= 15 is 0 Å². The molecule has 0 atom stereocenters. The van der Waals surface area contributed by atoms with Crippen molar-refractivity contribution in [3.05, 3.63) is 24.0 Å². The fourth-order valence-electron chi connectivity index (χ4n) is 1.74. The quantitative estimate of drug-likeness (QED) is 0.636. The largest absolute Gasteiger partial charge is 0.367 e. The van der Waals surface area contributed by atoms with Crippen LogP contribution in [0.15, 0.2) is 18.5 Å². The Morgan fingerprint density at radius 3 is 3.00 bits per heavy atom. The summed E-state index contributed by atoms with van der Waals surface area (Å²) in [5, 5.41) is 5.03. The third-order valence-corrected chi connectivity index (χ3v) is 2.81. The molecule has 2 heterocycles. The van der Waals surface area contributed by atoms with E-state index in [1.165, 1.54) is 6.20 Å². The fraction of sp³-hybridized carbons (Fsp3) is 0.462. The van der Waals surface area contributed by atoms with Crippen molar-refractivity contribution < 1.29 is 9.63 Å². The maximum absolute atomic E-state index is 11.8. The van der Waals surface area contributed by atoms with E-state index in [-0.39, 0.29) is 0 Å². The second kappa shape index (κ2) is 6.29. The molecule has 0 saturated heterocycles. The highest BCUT2D eigenvalue weighted by atomic mass is 16.7. The highest BCUT2D eigenvalue weighted by molar-refractivity contribution is 5.92. The van der Waals surface area contributed by atoms with Crippen molar-refractivity contribution in [1.29, 1.82) is 0 Å². The molecule has 0 unspecified atom stereocenters. The van der Waals surface area contributed by atoms with Crippen molar-refractivity contribution in [3.8, 4) is 0 Å². The zero-order chi connectivity index (χ0) is 13.7. The van der Waals surface area contributed by atoms with Crippen molar-refractivity contribution in [2.75, 3.05) is 6.54 Å². The lowest BCUT2D eigenvalue weighted by atomic mass is 10.2. The van der Waals surface area contributed by atoms with Crippen molar-refractivity contribution in [2.24, 2.45) is 0 Å². The van der Waals surface area contributed by atoms with E-state index in [1.54, 1.807) is 16.9 Å². The third kappa shape index (κ3) is 3.08. The number of nitrogens with zero attached hydrogens (tertiary/aromatic N) is 3. The number of nitrogens with one attached hydrogen (secondary N) is 1. The topological polar surface area (TPSA) is 69.0 Å². The Hall–Kier alpha value is -1.95. The summed E-state index contributed by atoms with van der Waals surface area (Å²) in [6.45, 7) is 5.48. The van der Waals surface area contributed by atoms with Crippen LogP contribution in [0.2, 0.25) is 0 Å². The maximum atomic E-state index is 11.8. The van der Waals surface area contributed by atoms with Crippen LogP contribution in [-0.2, 0) is 11.4 Å². The first kappa shape index (κ1) is 13.5. The summed E-state index contributed by atoms with van der Waals surface area (Å²) in [4.78, 5) is 21.0. The highest BCUT2D eigenvalue weighted by Crippen LogP contribution is 2.13. The first-order valence-corrected chi connectivity index (χ1v) is 6.51. The number of rotatable bonds is 6. The van der Waals surface area contributed by atoms with Crippen LogP contribution in [0.4, 0.5) is 0 Å². The van der Waals surface area contributed by atoms with Gasteiger partial charge in [-0.2, -0.15) is 10.6 Å². The van der Waals surface area contributed by atoms with Crippen molar-refractivity contribution in [1.82, 2.24) is 20.2 Å². The molecule has 0 aliphatic heterocycles. The summed E-state index contributed by atoms with van der Waals surface area (Å²) in [5.41, 5.74) is 3.85. The lowest BCUT2D eigenvalue weighted by molar-refractivity contribution is 0.0251. The number of carbonyl (C=O) groups is 1. The van der Waals surface area contributed by atoms with Gasteiger partial charge in [0.25, 0.3) is 0 Å². The number of unbranched alkanes of at least 4 members (excludes halogenated alkanes) is 1. The summed E-state index contributed by atoms with van der Waals surface area (Å²) in [7, 11) is 0. The summed E-state index contributed by atoms with van der Waals surface area (Å²) in [5.74, 6) is -0.422. The molecule has 102 valence electrons. The van der Waals surface area contributed by atoms with E-state index in [0.717, 1.165) is 30.4 Å². The molecule has 6 heteroatoms. The van der Waals surface area contributed by atoms with Crippen LogP contribution in [0.3, 0.4) is 0 Å². The molecule has 6 nitrogen and oxygen atoms in total. The van der Waals surface area contributed by atoms with E-state index in [0.29, 0.717) is 12.1 Å². The maximum Gasteiger partial charge on any atom is 0.358 e. The number of hydroxylamine groups is 1. The lowest BCUT2D eigenvalue weighted by Crippen LogP contribution is -2.21. The molecule has 0 aliphatic rings. The molecule has 0 aliphatic carbocycles. The van der Waals surface area contributed by atoms with Crippen LogP contribution >= 0.6 is 0 Å². The van der Waals surface area contributed by atoms with E-state index in [2.05, 4.69) is 22.5 Å². The van der Waals surface area contributed by atoms with Gasteiger partial charge in [-0.3, -0.25) is 0 Å². The zero-order valence-electron chi connectivity index (χ0n) is 11.2. The van der Waals surface area contributed by atoms with E-state index in [9.17, 15) is 4.79 Å². The minimum atomic E-state index is -0.422. The van der Waals surface area contributed by atoms with Crippen LogP contribution in [0.25, 0.3) is 11.0 Å². The Balaban J connectivity index is 2.06. The minimum absolute atomic E-state index is 0.422. The van der Waals surface area contributed by atoms with Gasteiger partial charge in [0.05, 0.1) is 11.8 Å². The van der Waals surface area contributed by atoms with Gasteiger partial charge < -0.3 is 4.84 Å². The van der Waals surface area contributed by atoms with Crippen molar-refractivity contribution >= 4 is 17.0 Å². The molecule has 2 aromatic heterocycles. The van der Waals surface area contributed by atoms with Gasteiger partial charge in [0, 0.05) is 24.7 Å². The number of hydrogen-bond donors (Lipinski definition) is 1. The average molecular weight is 262 g/mol. The molecule has 2 aromatic rings. The Morgan fingerprint density at radius 2 is 2.26 bits per heavy atom. The van der Waals surface area contributed by atoms with Crippen LogP contribution < -0.4 is 5.48 Å². The third-order valence-electron chi connectivity index (χ3n) is 2.81. The van der Waals surface area contributed by atoms with Crippen molar-refractivity contribution in [3.63, 3.8) is 0 Å². The average Bonchev–Trinajstić information content (AvgIpc) is 2.85. The second-order valence-electron chi connectivity index (χ2n) is 4.23. The number of aromatic nitrogens is 3. The minimum Gasteiger partial charge on any atom is -0.367 e. The molecule has 0 spiro atoms. The van der Waals surface area contributed by atoms with Crippen LogP contribution in [0.5, 0.6) is 0 Å². The molecule has 0 fully saturated rings. The van der Waals surface area contributed by atoms with Gasteiger partial charge in [0.1, 0.15) is 0 Å². The van der Waals surface area contributed by atoms with Crippen molar-refractivity contribution in [2.45, 2.75) is 33.2 Å². The Kier molecular flexibility index (Phi) is 4.46. The summed E-state index contributed by atoms with van der Waals surface area (Å²) in [6.07, 6.45) is 5.23. The van der Waals surface area contributed by atoms with E-state index in [4.69, 9.17) is 4.84 Å². The second-order valence-corrected chi connectivity index (χ2v) is 4.23. The monoisotopic (exact) mass is 262 g/mol. The molecule has 0 bridgehead atoms. The van der Waals surface area contributed by atoms with Crippen LogP contribution in [-0.4, -0.2) is 27.3 Å². The molecule has 19 heavy (non-hydrogen) atoms. The van der Waals surface area contributed by atoms with E-state index < -0.39 is 5.97 Å². The number of aryl methyl sites for hydroxylation is 1. The molecule has 0 amide bonds. The van der Waals surface area contributed by atoms with Gasteiger partial charge >= 0.3 is 5.97 Å². The lowest BCUT2D eigenvalue weighted by Gasteiger charge is -2.05. The van der Waals surface area contributed by atoms with Gasteiger partial charge in [-0.05, 0) is 19.4 Å². The van der Waals surface area contributed by atoms with Gasteiger partial charge in [-0.25, -0.2) is 14.5 Å². The SMILES string of the molecule is CCCCNOC(=O)c1cnc2c(cnn2CC)c1. The molecular weight excluding hydrogens is 244 g/mol. The Morgan fingerprint density at radius 1 is 1.42 bits per heavy atom. The number of carbonyl (C=O) groups excluding carboxylic acids is 1. The summed E-state index contributed by atoms with van der Waals surface area (Å²) < 4.78 is 1.78. The predicted octanol–water partition coefficient (Wildman–Crippen LogP) is 1.91. The smallest absolute Gasteiger partial charge is 0.358 e. The Labute approximate surface area is 111 Å². The number of hydrogen-bond acceptors (Lipinski definition) is 5. The Bertz CT molecular complexity index is 565. The van der Waals surface area contributed by atoms with Gasteiger partial charge in [-0.15, -0.1) is 0 Å². The first-order chi connectivity index (χ1) is 9.26. The number of pyridine rings is 1. The highest BCUT2D eigenvalue weighted by Gasteiger charge is 2.11. The molecular formula is C13H18N4O2. The predicted molar refractivity (Wildman–Crippen MR) is 71.5 cm³/mol. The fourth-order valence-corrected chi connectivity index (χ4v) is 1.74. The zero-order valence-corrected chi connectivity index (χ0v) is 11.2. The van der Waals surface area contributed by atoms with Gasteiger partial charge in [0.2, 0.25) is 0 Å². The van der Waals surface area contributed by atoms with Crippen LogP contribution in [0.1, 0.15) is 37.0 Å². The first-order valence-electron chi connectivity index (χ1n) is 6.51. The van der Waals surface area contributed by atoms with Gasteiger partial charge in [-0.1, -0.05) is 13.3 Å². The van der Waals surface area contributed by atoms with Gasteiger partial charge in [0.15, 0.2) is 5.65 Å². The normalized spacial score (nSPS) is 10.8. The molecule has 0 aromatic carbocycles. The number of fused-ring (bicyclic) bond motifs is 1. The standard InChI is InChI=1S/C13H18N4O2/c1-3-5-6-16-19-13(18)11-7-10-9-15-17(4-2)12(10)14-8-11/h7-9,16H,3-6H2,1-2H3.